The van der Waals surface area contributed by atoms with Crippen molar-refractivity contribution in [2.75, 3.05) is 20.8 Å². The number of benzene rings is 1. The van der Waals surface area contributed by atoms with Crippen molar-refractivity contribution in [3.05, 3.63) is 35.7 Å². The summed E-state index contributed by atoms with van der Waals surface area (Å²) in [5.74, 6) is 0.780. The molecule has 20 heavy (non-hydrogen) atoms. The third kappa shape index (κ3) is 3.42. The minimum Gasteiger partial charge on any atom is -0.375 e. The Kier molecular flexibility index (Phi) is 4.47. The van der Waals surface area contributed by atoms with Crippen molar-refractivity contribution in [1.82, 2.24) is 15.0 Å². The number of hydrogen-bond acceptors (Lipinski definition) is 5. The van der Waals surface area contributed by atoms with Crippen LogP contribution < -0.4 is 0 Å². The summed E-state index contributed by atoms with van der Waals surface area (Å²) in [6.45, 7) is 2.32. The molecule has 6 heteroatoms. The average molecular weight is 275 g/mol. The Hall–Kier alpha value is -2.21. The zero-order valence-corrected chi connectivity index (χ0v) is 11.8. The van der Waals surface area contributed by atoms with Crippen LogP contribution in [0.25, 0.3) is 11.4 Å². The van der Waals surface area contributed by atoms with Crippen LogP contribution in [0, 0.1) is 6.92 Å². The van der Waals surface area contributed by atoms with E-state index in [0.717, 1.165) is 5.56 Å². The van der Waals surface area contributed by atoms with Gasteiger partial charge in [0.15, 0.2) is 0 Å². The molecule has 0 fully saturated rings. The number of amides is 1. The molecule has 0 bridgehead atoms. The maximum absolute atomic E-state index is 11.6. The van der Waals surface area contributed by atoms with Gasteiger partial charge in [0.05, 0.1) is 6.54 Å². The fraction of sp³-hybridized carbons (Fsp3) is 0.357. The maximum Gasteiger partial charge on any atom is 0.248 e. The fourth-order valence-electron chi connectivity index (χ4n) is 1.66. The number of likely N-dealkylation sites (N-methyl/N-ethyl adjacent to an activating group) is 1. The molecule has 0 N–H and O–H groups in total. The van der Waals surface area contributed by atoms with Gasteiger partial charge in [0.2, 0.25) is 17.6 Å². The average Bonchev–Trinajstić information content (AvgIpc) is 2.88. The Morgan fingerprint density at radius 2 is 2.05 bits per heavy atom. The van der Waals surface area contributed by atoms with Gasteiger partial charge in [-0.15, -0.1) is 0 Å². The van der Waals surface area contributed by atoms with Gasteiger partial charge in [0, 0.05) is 19.7 Å². The number of ether oxygens (including phenoxy) is 1. The summed E-state index contributed by atoms with van der Waals surface area (Å²) in [5.41, 5.74) is 2.05. The predicted molar refractivity (Wildman–Crippen MR) is 72.8 cm³/mol. The second-order valence-electron chi connectivity index (χ2n) is 4.56. The first-order valence-corrected chi connectivity index (χ1v) is 6.22. The highest BCUT2D eigenvalue weighted by atomic mass is 16.5. The first-order valence-electron chi connectivity index (χ1n) is 6.22. The molecule has 2 aromatic rings. The number of hydrogen-bond donors (Lipinski definition) is 0. The van der Waals surface area contributed by atoms with Crippen molar-refractivity contribution >= 4 is 5.91 Å². The van der Waals surface area contributed by atoms with Crippen molar-refractivity contribution in [1.29, 1.82) is 0 Å². The van der Waals surface area contributed by atoms with Gasteiger partial charge in [-0.2, -0.15) is 4.98 Å². The van der Waals surface area contributed by atoms with Crippen LogP contribution in [0.4, 0.5) is 0 Å². The van der Waals surface area contributed by atoms with E-state index in [4.69, 9.17) is 9.26 Å². The van der Waals surface area contributed by atoms with Crippen molar-refractivity contribution in [2.45, 2.75) is 13.5 Å². The number of aromatic nitrogens is 2. The molecule has 1 aromatic heterocycles. The zero-order valence-electron chi connectivity index (χ0n) is 11.8. The molecule has 0 saturated heterocycles. The maximum atomic E-state index is 11.6. The molecule has 2 rings (SSSR count). The number of carbonyl (C=O) groups is 1. The van der Waals surface area contributed by atoms with Crippen molar-refractivity contribution < 1.29 is 14.1 Å². The summed E-state index contributed by atoms with van der Waals surface area (Å²) in [5, 5.41) is 3.92. The Morgan fingerprint density at radius 1 is 1.35 bits per heavy atom. The molecule has 0 aliphatic rings. The molecule has 1 amide bonds. The predicted octanol–water partition coefficient (Wildman–Crippen LogP) is 1.65. The summed E-state index contributed by atoms with van der Waals surface area (Å²) in [6, 6.07) is 7.84. The van der Waals surface area contributed by atoms with Crippen molar-refractivity contribution in [3.63, 3.8) is 0 Å². The molecule has 0 saturated carbocycles. The molecular weight excluding hydrogens is 258 g/mol. The minimum atomic E-state index is -0.136. The fourth-order valence-corrected chi connectivity index (χ4v) is 1.66. The lowest BCUT2D eigenvalue weighted by atomic mass is 10.1. The Balaban J connectivity index is 2.05. The van der Waals surface area contributed by atoms with Gasteiger partial charge in [-0.25, -0.2) is 0 Å². The van der Waals surface area contributed by atoms with E-state index in [2.05, 4.69) is 10.1 Å². The van der Waals surface area contributed by atoms with Gasteiger partial charge >= 0.3 is 0 Å². The van der Waals surface area contributed by atoms with Crippen LogP contribution >= 0.6 is 0 Å². The van der Waals surface area contributed by atoms with Crippen LogP contribution in [0.1, 0.15) is 11.5 Å². The molecule has 0 unspecified atom stereocenters. The molecule has 0 spiro atoms. The topological polar surface area (TPSA) is 68.5 Å². The highest BCUT2D eigenvalue weighted by molar-refractivity contribution is 5.77. The van der Waals surface area contributed by atoms with Crippen LogP contribution in [0.2, 0.25) is 0 Å². The number of aryl methyl sites for hydroxylation is 1. The minimum absolute atomic E-state index is 0.0372. The number of methoxy groups -OCH3 is 1. The van der Waals surface area contributed by atoms with E-state index in [-0.39, 0.29) is 19.1 Å². The van der Waals surface area contributed by atoms with Gasteiger partial charge in [-0.3, -0.25) is 4.79 Å². The van der Waals surface area contributed by atoms with Crippen LogP contribution in [0.15, 0.2) is 28.8 Å². The Bertz CT molecular complexity index is 578. The molecule has 106 valence electrons. The smallest absolute Gasteiger partial charge is 0.248 e. The van der Waals surface area contributed by atoms with Crippen LogP contribution in [0.5, 0.6) is 0 Å². The van der Waals surface area contributed by atoms with E-state index >= 15 is 0 Å². The lowest BCUT2D eigenvalue weighted by Gasteiger charge is -2.13. The van der Waals surface area contributed by atoms with Gasteiger partial charge < -0.3 is 14.2 Å². The zero-order chi connectivity index (χ0) is 14.5. The molecule has 1 aromatic carbocycles. The third-order valence-electron chi connectivity index (χ3n) is 2.84. The molecule has 1 heterocycles. The first kappa shape index (κ1) is 14.2. The van der Waals surface area contributed by atoms with E-state index in [9.17, 15) is 4.79 Å². The second-order valence-corrected chi connectivity index (χ2v) is 4.56. The highest BCUT2D eigenvalue weighted by Crippen LogP contribution is 2.16. The van der Waals surface area contributed by atoms with E-state index in [1.807, 2.05) is 31.2 Å². The number of carbonyl (C=O) groups excluding carboxylic acids is 1. The Labute approximate surface area is 117 Å². The molecule has 0 radical (unpaired) electrons. The van der Waals surface area contributed by atoms with Gasteiger partial charge in [0.25, 0.3) is 0 Å². The van der Waals surface area contributed by atoms with Crippen LogP contribution in [-0.2, 0) is 16.1 Å². The number of nitrogens with zero attached hydrogens (tertiary/aromatic N) is 3. The van der Waals surface area contributed by atoms with Crippen LogP contribution in [0.3, 0.4) is 0 Å². The Morgan fingerprint density at radius 3 is 2.70 bits per heavy atom. The number of rotatable bonds is 5. The summed E-state index contributed by atoms with van der Waals surface area (Å²) >= 11 is 0. The molecular formula is C14H17N3O3. The lowest BCUT2D eigenvalue weighted by Crippen LogP contribution is -2.29. The largest absolute Gasteiger partial charge is 0.375 e. The summed E-state index contributed by atoms with van der Waals surface area (Å²) < 4.78 is 9.94. The quantitative estimate of drug-likeness (QED) is 0.830. The molecule has 0 atom stereocenters. The SMILES string of the molecule is COCC(=O)N(C)Cc1nc(-c2ccc(C)cc2)no1. The third-order valence-corrected chi connectivity index (χ3v) is 2.84. The molecule has 6 nitrogen and oxygen atoms in total. The van der Waals surface area contributed by atoms with E-state index in [1.165, 1.54) is 17.6 Å². The van der Waals surface area contributed by atoms with Gasteiger partial charge in [-0.05, 0) is 6.92 Å². The van der Waals surface area contributed by atoms with E-state index < -0.39 is 0 Å². The molecule has 0 aliphatic heterocycles. The van der Waals surface area contributed by atoms with Gasteiger partial charge in [-0.1, -0.05) is 35.0 Å². The van der Waals surface area contributed by atoms with E-state index in [1.54, 1.807) is 7.05 Å². The summed E-state index contributed by atoms with van der Waals surface area (Å²) in [6.07, 6.45) is 0. The van der Waals surface area contributed by atoms with Gasteiger partial charge in [0.1, 0.15) is 6.61 Å². The van der Waals surface area contributed by atoms with E-state index in [0.29, 0.717) is 11.7 Å². The normalized spacial score (nSPS) is 10.6. The standard InChI is InChI=1S/C14H17N3O3/c1-10-4-6-11(7-5-10)14-15-12(20-16-14)8-17(2)13(18)9-19-3/h4-7H,8-9H2,1-3H3. The van der Waals surface area contributed by atoms with Crippen LogP contribution in [-0.4, -0.2) is 41.7 Å². The second kappa shape index (κ2) is 6.29. The summed E-state index contributed by atoms with van der Waals surface area (Å²) in [7, 11) is 3.14. The highest BCUT2D eigenvalue weighted by Gasteiger charge is 2.14. The van der Waals surface area contributed by atoms with Crippen molar-refractivity contribution in [3.8, 4) is 11.4 Å². The summed E-state index contributed by atoms with van der Waals surface area (Å²) in [4.78, 5) is 17.3. The van der Waals surface area contributed by atoms with Crippen molar-refractivity contribution in [2.24, 2.45) is 0 Å². The lowest BCUT2D eigenvalue weighted by molar-refractivity contribution is -0.134. The first-order chi connectivity index (χ1) is 9.60. The monoisotopic (exact) mass is 275 g/mol. The molecule has 0 aliphatic carbocycles.